The first-order chi connectivity index (χ1) is 9.20. The number of aliphatic hydroxyl groups excluding tert-OH is 1. The van der Waals surface area contributed by atoms with Crippen LogP contribution in [0.25, 0.3) is 5.69 Å². The monoisotopic (exact) mass is 259 g/mol. The number of rotatable bonds is 6. The first-order valence-electron chi connectivity index (χ1n) is 6.65. The molecule has 2 atom stereocenters. The predicted molar refractivity (Wildman–Crippen MR) is 76.2 cm³/mol. The van der Waals surface area contributed by atoms with Crippen molar-refractivity contribution < 1.29 is 5.11 Å². The molecule has 0 spiro atoms. The Morgan fingerprint density at radius 2 is 2.00 bits per heavy atom. The van der Waals surface area contributed by atoms with E-state index in [0.717, 1.165) is 17.8 Å². The van der Waals surface area contributed by atoms with Crippen molar-refractivity contribution in [2.75, 3.05) is 13.2 Å². The van der Waals surface area contributed by atoms with Gasteiger partial charge < -0.3 is 10.4 Å². The van der Waals surface area contributed by atoms with E-state index < -0.39 is 0 Å². The van der Waals surface area contributed by atoms with E-state index in [-0.39, 0.29) is 18.6 Å². The van der Waals surface area contributed by atoms with E-state index in [4.69, 9.17) is 5.11 Å². The molecule has 0 bridgehead atoms. The summed E-state index contributed by atoms with van der Waals surface area (Å²) >= 11 is 0. The molecule has 2 rings (SSSR count). The second-order valence-corrected chi connectivity index (χ2v) is 4.97. The fraction of sp³-hybridized carbons (Fsp3) is 0.400. The van der Waals surface area contributed by atoms with Crippen LogP contribution in [-0.2, 0) is 0 Å². The van der Waals surface area contributed by atoms with Gasteiger partial charge in [0, 0.05) is 31.0 Å². The molecule has 0 aliphatic heterocycles. The summed E-state index contributed by atoms with van der Waals surface area (Å²) in [6, 6.07) is 10.3. The van der Waals surface area contributed by atoms with Gasteiger partial charge in [-0.25, -0.2) is 4.68 Å². The zero-order chi connectivity index (χ0) is 13.7. The number of nitrogens with zero attached hydrogens (tertiary/aromatic N) is 2. The first kappa shape index (κ1) is 13.8. The van der Waals surface area contributed by atoms with E-state index in [1.54, 1.807) is 0 Å². The molecule has 4 heteroatoms. The lowest BCUT2D eigenvalue weighted by Crippen LogP contribution is -2.25. The molecule has 19 heavy (non-hydrogen) atoms. The Labute approximate surface area is 114 Å². The van der Waals surface area contributed by atoms with Crippen LogP contribution in [-0.4, -0.2) is 28.0 Å². The molecule has 2 aromatic rings. The van der Waals surface area contributed by atoms with E-state index in [0.29, 0.717) is 0 Å². The minimum Gasteiger partial charge on any atom is -0.396 e. The quantitative estimate of drug-likeness (QED) is 0.835. The van der Waals surface area contributed by atoms with Crippen molar-refractivity contribution in [3.63, 3.8) is 0 Å². The van der Waals surface area contributed by atoms with Crippen LogP contribution in [0.1, 0.15) is 25.5 Å². The van der Waals surface area contributed by atoms with Crippen LogP contribution in [0.3, 0.4) is 0 Å². The Morgan fingerprint density at radius 3 is 2.68 bits per heavy atom. The summed E-state index contributed by atoms with van der Waals surface area (Å²) in [5.74, 6) is 0.270. The zero-order valence-electron chi connectivity index (χ0n) is 11.5. The summed E-state index contributed by atoms with van der Waals surface area (Å²) in [4.78, 5) is 0. The van der Waals surface area contributed by atoms with Crippen LogP contribution in [0.2, 0.25) is 0 Å². The Hall–Kier alpha value is -1.65. The molecule has 102 valence electrons. The smallest absolute Gasteiger partial charge is 0.0645 e. The van der Waals surface area contributed by atoms with Crippen LogP contribution in [0.5, 0.6) is 0 Å². The van der Waals surface area contributed by atoms with Crippen LogP contribution < -0.4 is 5.32 Å². The minimum atomic E-state index is 0.211. The Bertz CT molecular complexity index is 495. The second kappa shape index (κ2) is 6.50. The van der Waals surface area contributed by atoms with Gasteiger partial charge in [-0.05, 0) is 25.0 Å². The molecule has 1 aromatic carbocycles. The molecule has 2 unspecified atom stereocenters. The van der Waals surface area contributed by atoms with Gasteiger partial charge in [0.25, 0.3) is 0 Å². The van der Waals surface area contributed by atoms with Gasteiger partial charge in [0.2, 0.25) is 0 Å². The molecule has 0 fully saturated rings. The summed E-state index contributed by atoms with van der Waals surface area (Å²) < 4.78 is 1.88. The van der Waals surface area contributed by atoms with E-state index in [1.165, 1.54) is 0 Å². The summed E-state index contributed by atoms with van der Waals surface area (Å²) in [6.45, 7) is 5.14. The van der Waals surface area contributed by atoms with Crippen LogP contribution >= 0.6 is 0 Å². The predicted octanol–water partition coefficient (Wildman–Crippen LogP) is 2.15. The number of hydrogen-bond donors (Lipinski definition) is 2. The molecule has 1 heterocycles. The zero-order valence-corrected chi connectivity index (χ0v) is 11.5. The Morgan fingerprint density at radius 1 is 1.26 bits per heavy atom. The third-order valence-electron chi connectivity index (χ3n) is 3.21. The van der Waals surface area contributed by atoms with E-state index in [1.807, 2.05) is 54.3 Å². The summed E-state index contributed by atoms with van der Waals surface area (Å²) in [5.41, 5.74) is 2.21. The van der Waals surface area contributed by atoms with Gasteiger partial charge in [0.1, 0.15) is 0 Å². The average Bonchev–Trinajstić information content (AvgIpc) is 2.95. The lowest BCUT2D eigenvalue weighted by molar-refractivity contribution is 0.231. The maximum Gasteiger partial charge on any atom is 0.0645 e. The van der Waals surface area contributed by atoms with Crippen molar-refractivity contribution in [1.29, 1.82) is 0 Å². The van der Waals surface area contributed by atoms with E-state index >= 15 is 0 Å². The molecule has 0 aliphatic rings. The Kier molecular flexibility index (Phi) is 4.71. The number of aromatic nitrogens is 2. The van der Waals surface area contributed by atoms with Gasteiger partial charge >= 0.3 is 0 Å². The van der Waals surface area contributed by atoms with Crippen LogP contribution in [0.4, 0.5) is 0 Å². The SMILES string of the molecule is CC(CO)CNC(C)c1cnn(-c2ccccc2)c1. The molecule has 0 saturated carbocycles. The fourth-order valence-electron chi connectivity index (χ4n) is 1.84. The van der Waals surface area contributed by atoms with Gasteiger partial charge in [-0.3, -0.25) is 0 Å². The highest BCUT2D eigenvalue weighted by atomic mass is 16.3. The van der Waals surface area contributed by atoms with Gasteiger partial charge in [-0.1, -0.05) is 25.1 Å². The van der Waals surface area contributed by atoms with E-state index in [2.05, 4.69) is 17.3 Å². The van der Waals surface area contributed by atoms with Crippen molar-refractivity contribution in [3.05, 3.63) is 48.3 Å². The molecule has 0 aliphatic carbocycles. The highest BCUT2D eigenvalue weighted by Crippen LogP contribution is 2.14. The number of nitrogens with one attached hydrogen (secondary N) is 1. The maximum atomic E-state index is 9.01. The Balaban J connectivity index is 2.01. The van der Waals surface area contributed by atoms with Crippen LogP contribution in [0.15, 0.2) is 42.7 Å². The van der Waals surface area contributed by atoms with Crippen molar-refractivity contribution in [1.82, 2.24) is 15.1 Å². The van der Waals surface area contributed by atoms with E-state index in [9.17, 15) is 0 Å². The lowest BCUT2D eigenvalue weighted by atomic mass is 10.1. The number of aliphatic hydroxyl groups is 1. The average molecular weight is 259 g/mol. The van der Waals surface area contributed by atoms with Crippen molar-refractivity contribution in [2.45, 2.75) is 19.9 Å². The topological polar surface area (TPSA) is 50.1 Å². The fourth-order valence-corrected chi connectivity index (χ4v) is 1.84. The molecule has 0 amide bonds. The molecule has 0 saturated heterocycles. The third-order valence-corrected chi connectivity index (χ3v) is 3.21. The highest BCUT2D eigenvalue weighted by Gasteiger charge is 2.09. The van der Waals surface area contributed by atoms with Gasteiger partial charge in [0.05, 0.1) is 11.9 Å². The normalized spacial score (nSPS) is 14.3. The largest absolute Gasteiger partial charge is 0.396 e. The molecular weight excluding hydrogens is 238 g/mol. The first-order valence-corrected chi connectivity index (χ1v) is 6.65. The summed E-state index contributed by atoms with van der Waals surface area (Å²) in [5, 5.41) is 16.8. The minimum absolute atomic E-state index is 0.211. The molecular formula is C15H21N3O. The number of benzene rings is 1. The summed E-state index contributed by atoms with van der Waals surface area (Å²) in [7, 11) is 0. The van der Waals surface area contributed by atoms with Gasteiger partial charge in [-0.2, -0.15) is 5.10 Å². The second-order valence-electron chi connectivity index (χ2n) is 4.97. The number of para-hydroxylation sites is 1. The summed E-state index contributed by atoms with van der Waals surface area (Å²) in [6.07, 6.45) is 3.92. The van der Waals surface area contributed by atoms with Crippen molar-refractivity contribution in [2.24, 2.45) is 5.92 Å². The third kappa shape index (κ3) is 3.66. The molecule has 2 N–H and O–H groups in total. The molecule has 1 aromatic heterocycles. The van der Waals surface area contributed by atoms with Crippen molar-refractivity contribution >= 4 is 0 Å². The molecule has 0 radical (unpaired) electrons. The molecule has 4 nitrogen and oxygen atoms in total. The lowest BCUT2D eigenvalue weighted by Gasteiger charge is -2.14. The maximum absolute atomic E-state index is 9.01. The highest BCUT2D eigenvalue weighted by molar-refractivity contribution is 5.31. The van der Waals surface area contributed by atoms with Gasteiger partial charge in [0.15, 0.2) is 0 Å². The standard InChI is InChI=1S/C15H21N3O/c1-12(11-19)8-16-13(2)14-9-17-18(10-14)15-6-4-3-5-7-15/h3-7,9-10,12-13,16,19H,8,11H2,1-2H3. The number of hydrogen-bond acceptors (Lipinski definition) is 3. The van der Waals surface area contributed by atoms with Crippen molar-refractivity contribution in [3.8, 4) is 5.69 Å². The van der Waals surface area contributed by atoms with Crippen LogP contribution in [0, 0.1) is 5.92 Å². The van der Waals surface area contributed by atoms with Gasteiger partial charge in [-0.15, -0.1) is 0 Å².